The lowest BCUT2D eigenvalue weighted by molar-refractivity contribution is 0.242. The Bertz CT molecular complexity index is 567. The molecule has 1 unspecified atom stereocenters. The van der Waals surface area contributed by atoms with Crippen molar-refractivity contribution in [1.82, 2.24) is 5.32 Å². The fourth-order valence-electron chi connectivity index (χ4n) is 1.82. The first-order chi connectivity index (χ1) is 9.22. The van der Waals surface area contributed by atoms with E-state index in [0.717, 1.165) is 11.3 Å². The van der Waals surface area contributed by atoms with E-state index in [1.165, 1.54) is 0 Å². The predicted molar refractivity (Wildman–Crippen MR) is 71.0 cm³/mol. The molecule has 4 heteroatoms. The predicted octanol–water partition coefficient (Wildman–Crippen LogP) is 2.49. The molecule has 19 heavy (non-hydrogen) atoms. The van der Waals surface area contributed by atoms with E-state index < -0.39 is 0 Å². The van der Waals surface area contributed by atoms with Crippen LogP contribution in [0.25, 0.3) is 0 Å². The Balaban J connectivity index is 1.93. The highest BCUT2D eigenvalue weighted by molar-refractivity contribution is 5.32. The van der Waals surface area contributed by atoms with Gasteiger partial charge in [-0.2, -0.15) is 5.26 Å². The molecule has 4 nitrogen and oxygen atoms in total. The molecule has 0 fully saturated rings. The summed E-state index contributed by atoms with van der Waals surface area (Å²) >= 11 is 0. The lowest BCUT2D eigenvalue weighted by Gasteiger charge is -2.13. The van der Waals surface area contributed by atoms with Gasteiger partial charge in [-0.3, -0.25) is 0 Å². The number of nitrogens with one attached hydrogen (secondary N) is 1. The molecule has 0 radical (unpaired) electrons. The molecule has 0 saturated carbocycles. The van der Waals surface area contributed by atoms with Crippen molar-refractivity contribution in [3.8, 4) is 6.07 Å². The average Bonchev–Trinajstić information content (AvgIpc) is 2.93. The van der Waals surface area contributed by atoms with Crippen molar-refractivity contribution in [2.75, 3.05) is 0 Å². The van der Waals surface area contributed by atoms with Gasteiger partial charge in [-0.1, -0.05) is 12.1 Å². The van der Waals surface area contributed by atoms with Gasteiger partial charge >= 0.3 is 0 Å². The highest BCUT2D eigenvalue weighted by atomic mass is 16.4. The van der Waals surface area contributed by atoms with E-state index in [4.69, 9.17) is 14.8 Å². The maximum absolute atomic E-state index is 8.92. The Morgan fingerprint density at radius 1 is 1.21 bits per heavy atom. The highest BCUT2D eigenvalue weighted by Gasteiger charge is 2.07. The van der Waals surface area contributed by atoms with E-state index >= 15 is 0 Å². The number of furan rings is 1. The minimum absolute atomic E-state index is 0.0782. The van der Waals surface area contributed by atoms with Gasteiger partial charge in [0.1, 0.15) is 18.1 Å². The third-order valence-electron chi connectivity index (χ3n) is 3.00. The van der Waals surface area contributed by atoms with Crippen LogP contribution in [0, 0.1) is 11.3 Å². The lowest BCUT2D eigenvalue weighted by atomic mass is 10.1. The molecule has 0 aliphatic carbocycles. The first kappa shape index (κ1) is 13.3. The van der Waals surface area contributed by atoms with Crippen LogP contribution in [0.1, 0.15) is 35.6 Å². The van der Waals surface area contributed by atoms with Crippen LogP contribution in [0.4, 0.5) is 0 Å². The van der Waals surface area contributed by atoms with Crippen LogP contribution in [0.15, 0.2) is 40.8 Å². The first-order valence-corrected chi connectivity index (χ1v) is 6.15. The zero-order valence-electron chi connectivity index (χ0n) is 10.8. The largest absolute Gasteiger partial charge is 0.462 e. The molecular weight excluding hydrogens is 240 g/mol. The summed E-state index contributed by atoms with van der Waals surface area (Å²) in [5, 5.41) is 21.0. The maximum atomic E-state index is 8.92. The number of hydrogen-bond acceptors (Lipinski definition) is 4. The molecular formula is C15H16N2O2. The van der Waals surface area contributed by atoms with E-state index in [1.54, 1.807) is 6.07 Å². The number of aliphatic hydroxyl groups excluding tert-OH is 1. The van der Waals surface area contributed by atoms with E-state index in [2.05, 4.69) is 18.3 Å². The minimum Gasteiger partial charge on any atom is -0.462 e. The zero-order valence-corrected chi connectivity index (χ0v) is 10.8. The number of nitrogens with zero attached hydrogens (tertiary/aromatic N) is 1. The van der Waals surface area contributed by atoms with Crippen molar-refractivity contribution in [2.24, 2.45) is 0 Å². The summed E-state index contributed by atoms with van der Waals surface area (Å²) < 4.78 is 5.40. The number of nitriles is 1. The first-order valence-electron chi connectivity index (χ1n) is 6.15. The molecule has 2 rings (SSSR count). The molecule has 0 bridgehead atoms. The summed E-state index contributed by atoms with van der Waals surface area (Å²) in [6.45, 7) is 2.57. The Labute approximate surface area is 112 Å². The Kier molecular flexibility index (Phi) is 4.35. The SMILES string of the molecule is CC(NCc1ccc(CO)o1)c1ccc(C#N)cc1. The van der Waals surface area contributed by atoms with Crippen LogP contribution in [0.5, 0.6) is 0 Å². The van der Waals surface area contributed by atoms with E-state index in [0.29, 0.717) is 17.9 Å². The second kappa shape index (κ2) is 6.19. The van der Waals surface area contributed by atoms with Gasteiger partial charge in [0.05, 0.1) is 18.2 Å². The molecule has 2 aromatic rings. The number of aliphatic hydroxyl groups is 1. The van der Waals surface area contributed by atoms with Crippen LogP contribution in [0.2, 0.25) is 0 Å². The maximum Gasteiger partial charge on any atom is 0.129 e. The van der Waals surface area contributed by atoms with Crippen LogP contribution >= 0.6 is 0 Å². The van der Waals surface area contributed by atoms with Gasteiger partial charge in [0.25, 0.3) is 0 Å². The van der Waals surface area contributed by atoms with Crippen molar-refractivity contribution in [3.05, 3.63) is 59.0 Å². The van der Waals surface area contributed by atoms with Gasteiger partial charge in [-0.15, -0.1) is 0 Å². The van der Waals surface area contributed by atoms with Gasteiger partial charge in [0.15, 0.2) is 0 Å². The van der Waals surface area contributed by atoms with Crippen LogP contribution in [0.3, 0.4) is 0 Å². The van der Waals surface area contributed by atoms with Crippen molar-refractivity contribution in [1.29, 1.82) is 5.26 Å². The molecule has 0 aliphatic rings. The molecule has 1 atom stereocenters. The summed E-state index contributed by atoms with van der Waals surface area (Å²) in [5.74, 6) is 1.37. The summed E-state index contributed by atoms with van der Waals surface area (Å²) in [6.07, 6.45) is 0. The van der Waals surface area contributed by atoms with Crippen molar-refractivity contribution in [2.45, 2.75) is 26.1 Å². The molecule has 1 aromatic carbocycles. The monoisotopic (exact) mass is 256 g/mol. The van der Waals surface area contributed by atoms with Crippen molar-refractivity contribution >= 4 is 0 Å². The van der Waals surface area contributed by atoms with Gasteiger partial charge in [-0.25, -0.2) is 0 Å². The van der Waals surface area contributed by atoms with Crippen molar-refractivity contribution in [3.63, 3.8) is 0 Å². The van der Waals surface area contributed by atoms with Gasteiger partial charge in [0, 0.05) is 6.04 Å². The number of hydrogen-bond donors (Lipinski definition) is 2. The Hall–Kier alpha value is -2.09. The molecule has 98 valence electrons. The summed E-state index contributed by atoms with van der Waals surface area (Å²) in [7, 11) is 0. The Morgan fingerprint density at radius 2 is 1.89 bits per heavy atom. The highest BCUT2D eigenvalue weighted by Crippen LogP contribution is 2.15. The molecule has 2 N–H and O–H groups in total. The molecule has 1 heterocycles. The quantitative estimate of drug-likeness (QED) is 0.862. The van der Waals surface area contributed by atoms with Crippen LogP contribution in [-0.4, -0.2) is 5.11 Å². The van der Waals surface area contributed by atoms with Gasteiger partial charge < -0.3 is 14.8 Å². The summed E-state index contributed by atoms with van der Waals surface area (Å²) in [6, 6.07) is 13.4. The standard InChI is InChI=1S/C15H16N2O2/c1-11(13-4-2-12(8-16)3-5-13)17-9-14-6-7-15(10-18)19-14/h2-7,11,17-18H,9-10H2,1H3. The lowest BCUT2D eigenvalue weighted by Crippen LogP contribution is -2.17. The topological polar surface area (TPSA) is 69.2 Å². The minimum atomic E-state index is -0.0782. The van der Waals surface area contributed by atoms with Gasteiger partial charge in [-0.05, 0) is 36.8 Å². The number of rotatable bonds is 5. The third-order valence-corrected chi connectivity index (χ3v) is 3.00. The number of benzene rings is 1. The smallest absolute Gasteiger partial charge is 0.129 e. The van der Waals surface area contributed by atoms with Crippen molar-refractivity contribution < 1.29 is 9.52 Å². The zero-order chi connectivity index (χ0) is 13.7. The second-order valence-corrected chi connectivity index (χ2v) is 4.36. The molecule has 0 saturated heterocycles. The molecule has 0 aliphatic heterocycles. The third kappa shape index (κ3) is 3.44. The molecule has 0 spiro atoms. The summed E-state index contributed by atoms with van der Waals surface area (Å²) in [4.78, 5) is 0. The van der Waals surface area contributed by atoms with Crippen LogP contribution in [-0.2, 0) is 13.2 Å². The normalized spacial score (nSPS) is 12.1. The molecule has 1 aromatic heterocycles. The fraction of sp³-hybridized carbons (Fsp3) is 0.267. The molecule has 0 amide bonds. The summed E-state index contributed by atoms with van der Waals surface area (Å²) in [5.41, 5.74) is 1.78. The Morgan fingerprint density at radius 3 is 2.47 bits per heavy atom. The van der Waals surface area contributed by atoms with E-state index in [9.17, 15) is 0 Å². The van der Waals surface area contributed by atoms with E-state index in [1.807, 2.05) is 30.3 Å². The average molecular weight is 256 g/mol. The van der Waals surface area contributed by atoms with E-state index in [-0.39, 0.29) is 12.6 Å². The van der Waals surface area contributed by atoms with Gasteiger partial charge in [0.2, 0.25) is 0 Å². The fourth-order valence-corrected chi connectivity index (χ4v) is 1.82. The van der Waals surface area contributed by atoms with Crippen LogP contribution < -0.4 is 5.32 Å². The second-order valence-electron chi connectivity index (χ2n) is 4.36.